The number of fused-ring (bicyclic) bond motifs is 1. The topological polar surface area (TPSA) is 55.8 Å². The highest BCUT2D eigenvalue weighted by molar-refractivity contribution is 6.31. The molecule has 0 fully saturated rings. The molecule has 2 aromatic rings. The molecule has 0 spiro atoms. The van der Waals surface area contributed by atoms with Gasteiger partial charge < -0.3 is 14.6 Å². The number of carbonyl (C=O) groups is 1. The average molecular weight is 303 g/mol. The number of hydrogen-bond donors (Lipinski definition) is 1. The van der Waals surface area contributed by atoms with Crippen LogP contribution < -0.4 is 9.47 Å². The van der Waals surface area contributed by atoms with Gasteiger partial charge in [-0.3, -0.25) is 4.79 Å². The van der Waals surface area contributed by atoms with Crippen molar-refractivity contribution in [3.8, 4) is 17.2 Å². The van der Waals surface area contributed by atoms with Crippen LogP contribution in [0.2, 0.25) is 5.02 Å². The number of aromatic hydroxyl groups is 1. The maximum Gasteiger partial charge on any atom is 0.231 e. The minimum Gasteiger partial charge on any atom is -0.507 e. The van der Waals surface area contributed by atoms with Crippen LogP contribution in [-0.2, 0) is 0 Å². The van der Waals surface area contributed by atoms with Crippen molar-refractivity contribution >= 4 is 23.5 Å². The molecule has 1 aliphatic heterocycles. The lowest BCUT2D eigenvalue weighted by Gasteiger charge is -2.01. The van der Waals surface area contributed by atoms with Crippen LogP contribution in [-0.4, -0.2) is 17.7 Å². The number of benzene rings is 2. The second kappa shape index (κ2) is 5.50. The van der Waals surface area contributed by atoms with Gasteiger partial charge in [-0.05, 0) is 42.0 Å². The molecule has 1 aliphatic rings. The summed E-state index contributed by atoms with van der Waals surface area (Å²) in [6.45, 7) is 0.206. The molecule has 3 rings (SSSR count). The predicted molar refractivity (Wildman–Crippen MR) is 79.0 cm³/mol. The van der Waals surface area contributed by atoms with Crippen LogP contribution in [0.25, 0.3) is 6.08 Å². The van der Waals surface area contributed by atoms with E-state index in [1.165, 1.54) is 24.3 Å². The standard InChI is InChI=1S/C16H11ClO4/c17-11-3-5-14(19)12(8-11)13(18)4-1-10-2-6-15-16(7-10)21-9-20-15/h1-8,19H,9H2. The summed E-state index contributed by atoms with van der Waals surface area (Å²) in [4.78, 5) is 12.1. The van der Waals surface area contributed by atoms with E-state index in [9.17, 15) is 9.90 Å². The van der Waals surface area contributed by atoms with Gasteiger partial charge in [-0.25, -0.2) is 0 Å². The third-order valence-electron chi connectivity index (χ3n) is 3.05. The maximum atomic E-state index is 12.1. The molecule has 0 atom stereocenters. The summed E-state index contributed by atoms with van der Waals surface area (Å²) in [5, 5.41) is 10.1. The number of ether oxygens (including phenoxy) is 2. The first-order chi connectivity index (χ1) is 10.1. The number of carbonyl (C=O) groups excluding carboxylic acids is 1. The molecule has 0 aromatic heterocycles. The van der Waals surface area contributed by atoms with Gasteiger partial charge in [0.05, 0.1) is 5.56 Å². The van der Waals surface area contributed by atoms with Crippen molar-refractivity contribution < 1.29 is 19.4 Å². The van der Waals surface area contributed by atoms with Gasteiger partial charge in [-0.15, -0.1) is 0 Å². The number of hydrogen-bond acceptors (Lipinski definition) is 4. The lowest BCUT2D eigenvalue weighted by molar-refractivity contribution is 0.104. The Morgan fingerprint density at radius 2 is 1.95 bits per heavy atom. The fraction of sp³-hybridized carbons (Fsp3) is 0.0625. The number of allylic oxidation sites excluding steroid dienone is 1. The second-order valence-electron chi connectivity index (χ2n) is 4.47. The minimum absolute atomic E-state index is 0.0975. The fourth-order valence-electron chi connectivity index (χ4n) is 1.98. The summed E-state index contributed by atoms with van der Waals surface area (Å²) in [7, 11) is 0. The largest absolute Gasteiger partial charge is 0.507 e. The van der Waals surface area contributed by atoms with Gasteiger partial charge in [-0.2, -0.15) is 0 Å². The zero-order valence-electron chi connectivity index (χ0n) is 10.9. The van der Waals surface area contributed by atoms with Crippen LogP contribution in [0.3, 0.4) is 0 Å². The molecule has 21 heavy (non-hydrogen) atoms. The third-order valence-corrected chi connectivity index (χ3v) is 3.28. The number of rotatable bonds is 3. The summed E-state index contributed by atoms with van der Waals surface area (Å²) in [6, 6.07) is 9.73. The Hall–Kier alpha value is -2.46. The van der Waals surface area contributed by atoms with Crippen LogP contribution in [0, 0.1) is 0 Å². The molecule has 4 nitrogen and oxygen atoms in total. The smallest absolute Gasteiger partial charge is 0.231 e. The Kier molecular flexibility index (Phi) is 3.54. The van der Waals surface area contributed by atoms with E-state index in [2.05, 4.69) is 0 Å². The SMILES string of the molecule is O=C(C=Cc1ccc2c(c1)OCO2)c1cc(Cl)ccc1O. The summed E-state index contributed by atoms with van der Waals surface area (Å²) in [5.74, 6) is 0.911. The van der Waals surface area contributed by atoms with Crippen LogP contribution in [0.1, 0.15) is 15.9 Å². The molecule has 0 saturated heterocycles. The average Bonchev–Trinajstić information content (AvgIpc) is 2.94. The summed E-state index contributed by atoms with van der Waals surface area (Å²) >= 11 is 5.82. The van der Waals surface area contributed by atoms with Gasteiger partial charge in [0.2, 0.25) is 6.79 Å². The number of phenolic OH excluding ortho intramolecular Hbond substituents is 1. The lowest BCUT2D eigenvalue weighted by atomic mass is 10.1. The van der Waals surface area contributed by atoms with Gasteiger partial charge in [0.25, 0.3) is 0 Å². The van der Waals surface area contributed by atoms with Crippen molar-refractivity contribution in [3.63, 3.8) is 0 Å². The Morgan fingerprint density at radius 3 is 2.81 bits per heavy atom. The molecule has 106 valence electrons. The van der Waals surface area contributed by atoms with Gasteiger partial charge >= 0.3 is 0 Å². The highest BCUT2D eigenvalue weighted by Gasteiger charge is 2.13. The Bertz CT molecular complexity index is 737. The van der Waals surface area contributed by atoms with E-state index >= 15 is 0 Å². The monoisotopic (exact) mass is 302 g/mol. The molecule has 0 unspecified atom stereocenters. The first-order valence-electron chi connectivity index (χ1n) is 6.24. The molecule has 1 heterocycles. The first-order valence-corrected chi connectivity index (χ1v) is 6.62. The van der Waals surface area contributed by atoms with Crippen molar-refractivity contribution in [1.82, 2.24) is 0 Å². The van der Waals surface area contributed by atoms with Crippen molar-refractivity contribution in [2.24, 2.45) is 0 Å². The molecule has 0 amide bonds. The van der Waals surface area contributed by atoms with E-state index < -0.39 is 0 Å². The van der Waals surface area contributed by atoms with Crippen LogP contribution >= 0.6 is 11.6 Å². The molecular weight excluding hydrogens is 292 g/mol. The van der Waals surface area contributed by atoms with E-state index in [1.54, 1.807) is 18.2 Å². The van der Waals surface area contributed by atoms with Gasteiger partial charge in [0.1, 0.15) is 5.75 Å². The highest BCUT2D eigenvalue weighted by atomic mass is 35.5. The Balaban J connectivity index is 1.82. The number of ketones is 1. The zero-order valence-corrected chi connectivity index (χ0v) is 11.6. The number of halogens is 1. The Labute approximate surface area is 126 Å². The van der Waals surface area contributed by atoms with Crippen molar-refractivity contribution in [3.05, 3.63) is 58.6 Å². The zero-order chi connectivity index (χ0) is 14.8. The predicted octanol–water partition coefficient (Wildman–Crippen LogP) is 3.67. The van der Waals surface area contributed by atoms with E-state index in [0.29, 0.717) is 16.5 Å². The van der Waals surface area contributed by atoms with Crippen LogP contribution in [0.4, 0.5) is 0 Å². The van der Waals surface area contributed by atoms with Crippen LogP contribution in [0.5, 0.6) is 17.2 Å². The molecule has 5 heteroatoms. The van der Waals surface area contributed by atoms with Gasteiger partial charge in [0.15, 0.2) is 17.3 Å². The highest BCUT2D eigenvalue weighted by Crippen LogP contribution is 2.33. The van der Waals surface area contributed by atoms with Crippen LogP contribution in [0.15, 0.2) is 42.5 Å². The normalized spacial score (nSPS) is 12.8. The Morgan fingerprint density at radius 1 is 1.14 bits per heavy atom. The third kappa shape index (κ3) is 2.85. The second-order valence-corrected chi connectivity index (χ2v) is 4.91. The molecular formula is C16H11ClO4. The summed E-state index contributed by atoms with van der Waals surface area (Å²) in [5.41, 5.74) is 0.966. The van der Waals surface area contributed by atoms with Gasteiger partial charge in [-0.1, -0.05) is 23.7 Å². The molecule has 0 saturated carbocycles. The van der Waals surface area contributed by atoms with Crippen molar-refractivity contribution in [2.75, 3.05) is 6.79 Å². The van der Waals surface area contributed by atoms with Crippen molar-refractivity contribution in [2.45, 2.75) is 0 Å². The lowest BCUT2D eigenvalue weighted by Crippen LogP contribution is -1.94. The molecule has 1 N–H and O–H groups in total. The summed E-state index contributed by atoms with van der Waals surface area (Å²) < 4.78 is 10.5. The maximum absolute atomic E-state index is 12.1. The van der Waals surface area contributed by atoms with E-state index in [-0.39, 0.29) is 23.9 Å². The molecule has 0 bridgehead atoms. The minimum atomic E-state index is -0.326. The molecule has 2 aromatic carbocycles. The number of phenols is 1. The quantitative estimate of drug-likeness (QED) is 0.694. The van der Waals surface area contributed by atoms with E-state index in [0.717, 1.165) is 5.56 Å². The van der Waals surface area contributed by atoms with Gasteiger partial charge in [0, 0.05) is 5.02 Å². The molecule has 0 radical (unpaired) electrons. The van der Waals surface area contributed by atoms with E-state index in [1.807, 2.05) is 6.07 Å². The summed E-state index contributed by atoms with van der Waals surface area (Å²) in [6.07, 6.45) is 3.02. The fourth-order valence-corrected chi connectivity index (χ4v) is 2.16. The first kappa shape index (κ1) is 13.5. The van der Waals surface area contributed by atoms with Crippen molar-refractivity contribution in [1.29, 1.82) is 0 Å². The molecule has 0 aliphatic carbocycles. The van der Waals surface area contributed by atoms with E-state index in [4.69, 9.17) is 21.1 Å².